The number of alkyl halides is 2. The third-order valence-electron chi connectivity index (χ3n) is 2.02. The van der Waals surface area contributed by atoms with Gasteiger partial charge in [-0.25, -0.2) is 13.6 Å². The van der Waals surface area contributed by atoms with Gasteiger partial charge in [0.05, 0.1) is 22.9 Å². The van der Waals surface area contributed by atoms with Crippen LogP contribution in [-0.4, -0.2) is 37.3 Å². The summed E-state index contributed by atoms with van der Waals surface area (Å²) in [7, 11) is 0. The molecule has 0 saturated heterocycles. The first-order valence-corrected chi connectivity index (χ1v) is 5.51. The highest BCUT2D eigenvalue weighted by Crippen LogP contribution is 2.22. The summed E-state index contributed by atoms with van der Waals surface area (Å²) in [6, 6.07) is 4.22. The van der Waals surface area contributed by atoms with Gasteiger partial charge in [0.15, 0.2) is 0 Å². The van der Waals surface area contributed by atoms with E-state index in [4.69, 9.17) is 16.7 Å². The maximum absolute atomic E-state index is 11.7. The van der Waals surface area contributed by atoms with Gasteiger partial charge in [-0.1, -0.05) is 11.6 Å². The maximum atomic E-state index is 11.7. The molecule has 0 unspecified atom stereocenters. The fourth-order valence-electron chi connectivity index (χ4n) is 1.22. The summed E-state index contributed by atoms with van der Waals surface area (Å²) in [6.07, 6.45) is -2.48. The van der Waals surface area contributed by atoms with Crippen molar-refractivity contribution in [1.29, 1.82) is 0 Å². The lowest BCUT2D eigenvalue weighted by molar-refractivity contribution is 0.0215. The summed E-state index contributed by atoms with van der Waals surface area (Å²) >= 11 is 5.85. The molecule has 0 aliphatic rings. The molecule has 0 radical (unpaired) electrons. The summed E-state index contributed by atoms with van der Waals surface area (Å²) in [6.45, 7) is -0.187. The molecule has 0 bridgehead atoms. The summed E-state index contributed by atoms with van der Waals surface area (Å²) in [5, 5.41) is 11.8. The molecule has 0 heterocycles. The van der Waals surface area contributed by atoms with Gasteiger partial charge in [-0.2, -0.15) is 0 Å². The number of rotatable bonds is 7. The highest BCUT2D eigenvalue weighted by atomic mass is 35.5. The Morgan fingerprint density at radius 2 is 2.22 bits per heavy atom. The van der Waals surface area contributed by atoms with Gasteiger partial charge in [0.2, 0.25) is 0 Å². The lowest BCUT2D eigenvalue weighted by Crippen LogP contribution is -2.13. The Balaban J connectivity index is 2.41. The highest BCUT2D eigenvalue weighted by Gasteiger charge is 2.06. The Bertz CT molecular complexity index is 415. The summed E-state index contributed by atoms with van der Waals surface area (Å²) in [5.41, 5.74) is 0.613. The Morgan fingerprint density at radius 1 is 1.50 bits per heavy atom. The minimum Gasteiger partial charge on any atom is -0.478 e. The molecule has 100 valence electrons. The Morgan fingerprint density at radius 3 is 2.78 bits per heavy atom. The van der Waals surface area contributed by atoms with Crippen LogP contribution in [0, 0.1) is 0 Å². The lowest BCUT2D eigenvalue weighted by atomic mass is 10.2. The molecule has 1 aromatic rings. The van der Waals surface area contributed by atoms with Crippen molar-refractivity contribution in [2.24, 2.45) is 0 Å². The van der Waals surface area contributed by atoms with E-state index in [1.807, 2.05) is 0 Å². The molecule has 0 saturated carbocycles. The SMILES string of the molecule is O=C(O)c1ccc(NCCOCC(F)F)c(Cl)c1. The Labute approximate surface area is 108 Å². The van der Waals surface area contributed by atoms with E-state index in [-0.39, 0.29) is 17.2 Å². The molecular weight excluding hydrogens is 268 g/mol. The van der Waals surface area contributed by atoms with Gasteiger partial charge in [-0.15, -0.1) is 0 Å². The third kappa shape index (κ3) is 4.85. The summed E-state index contributed by atoms with van der Waals surface area (Å²) in [5.74, 6) is -1.07. The zero-order valence-corrected chi connectivity index (χ0v) is 10.1. The first-order chi connectivity index (χ1) is 8.50. The zero-order valence-electron chi connectivity index (χ0n) is 9.33. The molecule has 0 amide bonds. The molecule has 7 heteroatoms. The average Bonchev–Trinajstić information content (AvgIpc) is 2.29. The van der Waals surface area contributed by atoms with Crippen LogP contribution >= 0.6 is 11.6 Å². The molecule has 4 nitrogen and oxygen atoms in total. The molecular formula is C11H12ClF2NO3. The number of hydrogen-bond acceptors (Lipinski definition) is 3. The van der Waals surface area contributed by atoms with Crippen LogP contribution in [0.1, 0.15) is 10.4 Å². The first-order valence-electron chi connectivity index (χ1n) is 5.13. The normalized spacial score (nSPS) is 10.7. The van der Waals surface area contributed by atoms with Gasteiger partial charge >= 0.3 is 5.97 Å². The predicted molar refractivity (Wildman–Crippen MR) is 63.7 cm³/mol. The van der Waals surface area contributed by atoms with Gasteiger partial charge in [0, 0.05) is 6.54 Å². The quantitative estimate of drug-likeness (QED) is 0.754. The molecule has 18 heavy (non-hydrogen) atoms. The molecule has 1 aromatic carbocycles. The van der Waals surface area contributed by atoms with Crippen LogP contribution in [-0.2, 0) is 4.74 Å². The molecule has 0 fully saturated rings. The van der Waals surface area contributed by atoms with Crippen molar-refractivity contribution in [3.8, 4) is 0 Å². The van der Waals surface area contributed by atoms with E-state index in [0.29, 0.717) is 12.2 Å². The van der Waals surface area contributed by atoms with Crippen molar-refractivity contribution in [3.05, 3.63) is 28.8 Å². The van der Waals surface area contributed by atoms with Crippen molar-refractivity contribution in [2.75, 3.05) is 25.1 Å². The number of carboxylic acids is 1. The zero-order chi connectivity index (χ0) is 13.5. The van der Waals surface area contributed by atoms with E-state index >= 15 is 0 Å². The van der Waals surface area contributed by atoms with Crippen molar-refractivity contribution in [2.45, 2.75) is 6.43 Å². The summed E-state index contributed by atoms with van der Waals surface area (Å²) in [4.78, 5) is 10.7. The average molecular weight is 280 g/mol. The van der Waals surface area contributed by atoms with Gasteiger partial charge in [-0.3, -0.25) is 0 Å². The number of carboxylic acid groups (broad SMARTS) is 1. The van der Waals surface area contributed by atoms with Crippen LogP contribution in [0.2, 0.25) is 5.02 Å². The van der Waals surface area contributed by atoms with Crippen molar-refractivity contribution in [1.82, 2.24) is 0 Å². The molecule has 0 aromatic heterocycles. The van der Waals surface area contributed by atoms with E-state index in [2.05, 4.69) is 10.1 Å². The molecule has 1 rings (SSSR count). The van der Waals surface area contributed by atoms with E-state index in [0.717, 1.165) is 0 Å². The van der Waals surface area contributed by atoms with Gasteiger partial charge < -0.3 is 15.2 Å². The van der Waals surface area contributed by atoms with E-state index in [1.54, 1.807) is 0 Å². The number of aromatic carboxylic acids is 1. The lowest BCUT2D eigenvalue weighted by Gasteiger charge is -2.09. The molecule has 0 aliphatic carbocycles. The second-order valence-corrected chi connectivity index (χ2v) is 3.80. The number of halogens is 3. The molecule has 2 N–H and O–H groups in total. The van der Waals surface area contributed by atoms with Crippen LogP contribution < -0.4 is 5.32 Å². The molecule has 0 aliphatic heterocycles. The maximum Gasteiger partial charge on any atom is 0.335 e. The highest BCUT2D eigenvalue weighted by molar-refractivity contribution is 6.33. The largest absolute Gasteiger partial charge is 0.478 e. The monoisotopic (exact) mass is 279 g/mol. The fraction of sp³-hybridized carbons (Fsp3) is 0.364. The number of nitrogens with one attached hydrogen (secondary N) is 1. The number of benzene rings is 1. The van der Waals surface area contributed by atoms with Crippen molar-refractivity contribution < 1.29 is 23.4 Å². The number of anilines is 1. The third-order valence-corrected chi connectivity index (χ3v) is 2.33. The first kappa shape index (κ1) is 14.7. The van der Waals surface area contributed by atoms with Crippen LogP contribution in [0.25, 0.3) is 0 Å². The van der Waals surface area contributed by atoms with Crippen molar-refractivity contribution in [3.63, 3.8) is 0 Å². The van der Waals surface area contributed by atoms with Gasteiger partial charge in [-0.05, 0) is 18.2 Å². The molecule has 0 spiro atoms. The number of ether oxygens (including phenoxy) is 1. The Hall–Kier alpha value is -1.40. The van der Waals surface area contributed by atoms with Crippen LogP contribution in [0.5, 0.6) is 0 Å². The van der Waals surface area contributed by atoms with E-state index < -0.39 is 19.0 Å². The van der Waals surface area contributed by atoms with Crippen LogP contribution in [0.15, 0.2) is 18.2 Å². The topological polar surface area (TPSA) is 58.6 Å². The predicted octanol–water partition coefficient (Wildman–Crippen LogP) is 2.73. The fourth-order valence-corrected chi connectivity index (χ4v) is 1.47. The summed E-state index contributed by atoms with van der Waals surface area (Å²) < 4.78 is 28.2. The minimum absolute atomic E-state index is 0.0829. The van der Waals surface area contributed by atoms with Gasteiger partial charge in [0.25, 0.3) is 6.43 Å². The standard InChI is InChI=1S/C11H12ClF2NO3/c12-8-5-7(11(16)17)1-2-9(8)15-3-4-18-6-10(13)14/h1-2,5,10,15H,3-4,6H2,(H,16,17). The Kier molecular flexibility index (Phi) is 5.80. The smallest absolute Gasteiger partial charge is 0.335 e. The number of hydrogen-bond donors (Lipinski definition) is 2. The van der Waals surface area contributed by atoms with E-state index in [9.17, 15) is 13.6 Å². The van der Waals surface area contributed by atoms with Crippen LogP contribution in [0.3, 0.4) is 0 Å². The second kappa shape index (κ2) is 7.13. The minimum atomic E-state index is -2.48. The van der Waals surface area contributed by atoms with Crippen molar-refractivity contribution >= 4 is 23.3 Å². The van der Waals surface area contributed by atoms with E-state index in [1.165, 1.54) is 18.2 Å². The molecule has 0 atom stereocenters. The number of carbonyl (C=O) groups is 1. The van der Waals surface area contributed by atoms with Gasteiger partial charge in [0.1, 0.15) is 6.61 Å². The second-order valence-electron chi connectivity index (χ2n) is 3.39. The van der Waals surface area contributed by atoms with Crippen LogP contribution in [0.4, 0.5) is 14.5 Å².